The number of likely N-dealkylation sites (N-methyl/N-ethyl adjacent to an activating group) is 1. The van der Waals surface area contributed by atoms with Gasteiger partial charge in [-0.1, -0.05) is 0 Å². The molecule has 7 nitrogen and oxygen atoms in total. The fraction of sp³-hybridized carbons (Fsp3) is 0.545. The van der Waals surface area contributed by atoms with Gasteiger partial charge in [-0.05, 0) is 12.1 Å². The largest absolute Gasteiger partial charge is 0.383 e. The van der Waals surface area contributed by atoms with Crippen LogP contribution >= 0.6 is 11.3 Å². The molecule has 0 saturated heterocycles. The first-order valence-corrected chi connectivity index (χ1v) is 8.18. The van der Waals surface area contributed by atoms with Gasteiger partial charge in [0, 0.05) is 32.1 Å². The van der Waals surface area contributed by atoms with Gasteiger partial charge in [-0.2, -0.15) is 4.31 Å². The van der Waals surface area contributed by atoms with Crippen LogP contribution in [0.1, 0.15) is 4.88 Å². The lowest BCUT2D eigenvalue weighted by Crippen LogP contribution is -2.39. The fourth-order valence-electron chi connectivity index (χ4n) is 1.40. The number of carbonyl (C=O) groups is 1. The van der Waals surface area contributed by atoms with Crippen LogP contribution in [-0.2, 0) is 26.1 Å². The maximum absolute atomic E-state index is 12.2. The number of hydrogen-bond acceptors (Lipinski definition) is 6. The molecule has 1 rings (SSSR count). The Bertz CT molecular complexity index is 542. The van der Waals surface area contributed by atoms with Gasteiger partial charge in [0.15, 0.2) is 0 Å². The van der Waals surface area contributed by atoms with E-state index in [-0.39, 0.29) is 16.7 Å². The second-order valence-corrected chi connectivity index (χ2v) is 7.47. The van der Waals surface area contributed by atoms with E-state index in [0.717, 1.165) is 20.5 Å². The standard InChI is InChI=1S/C11H19N3O4S2/c1-14(8-10(15)13-5-6-18-2)20(16,17)11-4-3-9(7-12)19-11/h3-4H,5-8,12H2,1-2H3,(H,13,15). The molecule has 114 valence electrons. The summed E-state index contributed by atoms with van der Waals surface area (Å²) < 4.78 is 30.4. The van der Waals surface area contributed by atoms with Crippen LogP contribution in [-0.4, -0.2) is 52.5 Å². The highest BCUT2D eigenvalue weighted by molar-refractivity contribution is 7.91. The lowest BCUT2D eigenvalue weighted by Gasteiger charge is -2.15. The smallest absolute Gasteiger partial charge is 0.252 e. The number of rotatable bonds is 8. The van der Waals surface area contributed by atoms with E-state index in [4.69, 9.17) is 10.5 Å². The summed E-state index contributed by atoms with van der Waals surface area (Å²) >= 11 is 1.11. The van der Waals surface area contributed by atoms with Gasteiger partial charge in [-0.3, -0.25) is 4.79 Å². The summed E-state index contributed by atoms with van der Waals surface area (Å²) in [5.41, 5.74) is 5.46. The highest BCUT2D eigenvalue weighted by Crippen LogP contribution is 2.23. The van der Waals surface area contributed by atoms with Gasteiger partial charge in [0.1, 0.15) is 4.21 Å². The third-order valence-electron chi connectivity index (χ3n) is 2.50. The van der Waals surface area contributed by atoms with E-state index in [1.165, 1.54) is 20.2 Å². The average Bonchev–Trinajstić information content (AvgIpc) is 2.88. The van der Waals surface area contributed by atoms with Gasteiger partial charge in [-0.25, -0.2) is 8.42 Å². The summed E-state index contributed by atoms with van der Waals surface area (Å²) in [7, 11) is -0.759. The van der Waals surface area contributed by atoms with Crippen molar-refractivity contribution in [3.63, 3.8) is 0 Å². The molecule has 1 aromatic rings. The molecule has 0 fully saturated rings. The van der Waals surface area contributed by atoms with E-state index in [1.54, 1.807) is 6.07 Å². The van der Waals surface area contributed by atoms with E-state index >= 15 is 0 Å². The molecule has 9 heteroatoms. The van der Waals surface area contributed by atoms with Crippen molar-refractivity contribution >= 4 is 27.3 Å². The SMILES string of the molecule is COCCNC(=O)CN(C)S(=O)(=O)c1ccc(CN)s1. The molecule has 0 aliphatic rings. The molecule has 1 amide bonds. The highest BCUT2D eigenvalue weighted by Gasteiger charge is 2.24. The molecule has 1 heterocycles. The van der Waals surface area contributed by atoms with E-state index in [9.17, 15) is 13.2 Å². The number of amides is 1. The molecular weight excluding hydrogens is 302 g/mol. The number of ether oxygens (including phenoxy) is 1. The van der Waals surface area contributed by atoms with Crippen LogP contribution in [0.25, 0.3) is 0 Å². The number of nitrogens with two attached hydrogens (primary N) is 1. The summed E-state index contributed by atoms with van der Waals surface area (Å²) in [6.45, 7) is 0.788. The average molecular weight is 321 g/mol. The van der Waals surface area contributed by atoms with Gasteiger partial charge in [0.25, 0.3) is 10.0 Å². The molecule has 0 atom stereocenters. The number of sulfonamides is 1. The maximum Gasteiger partial charge on any atom is 0.252 e. The molecule has 0 unspecified atom stereocenters. The molecular formula is C11H19N3O4S2. The quantitative estimate of drug-likeness (QED) is 0.634. The fourth-order valence-corrected chi connectivity index (χ4v) is 3.97. The van der Waals surface area contributed by atoms with Gasteiger partial charge < -0.3 is 15.8 Å². The Labute approximate surface area is 122 Å². The molecule has 0 aromatic carbocycles. The topological polar surface area (TPSA) is 102 Å². The number of carbonyl (C=O) groups excluding carboxylic acids is 1. The number of hydrogen-bond donors (Lipinski definition) is 2. The third-order valence-corrected chi connectivity index (χ3v) is 5.88. The van der Waals surface area contributed by atoms with Crippen molar-refractivity contribution in [1.82, 2.24) is 9.62 Å². The molecule has 20 heavy (non-hydrogen) atoms. The first-order valence-electron chi connectivity index (χ1n) is 5.92. The zero-order chi connectivity index (χ0) is 15.2. The number of nitrogens with zero attached hydrogens (tertiary/aromatic N) is 1. The molecule has 0 aliphatic heterocycles. The Hall–Kier alpha value is -1.00. The number of thiophene rings is 1. The molecule has 0 radical (unpaired) electrons. The van der Waals surface area contributed by atoms with Crippen molar-refractivity contribution in [1.29, 1.82) is 0 Å². The summed E-state index contributed by atoms with van der Waals surface area (Å²) in [6.07, 6.45) is 0. The van der Waals surface area contributed by atoms with E-state index in [2.05, 4.69) is 5.32 Å². The van der Waals surface area contributed by atoms with Crippen LogP contribution in [0.15, 0.2) is 16.3 Å². The lowest BCUT2D eigenvalue weighted by molar-refractivity contribution is -0.121. The lowest BCUT2D eigenvalue weighted by atomic mass is 10.5. The predicted molar refractivity (Wildman–Crippen MR) is 76.9 cm³/mol. The Morgan fingerprint density at radius 3 is 2.75 bits per heavy atom. The van der Waals surface area contributed by atoms with Crippen molar-refractivity contribution in [2.45, 2.75) is 10.8 Å². The molecule has 0 aliphatic carbocycles. The molecule has 0 saturated carbocycles. The Kier molecular flexibility index (Phi) is 6.56. The van der Waals surface area contributed by atoms with Gasteiger partial charge in [0.05, 0.1) is 13.2 Å². The van der Waals surface area contributed by atoms with Crippen molar-refractivity contribution in [2.24, 2.45) is 5.73 Å². The van der Waals surface area contributed by atoms with E-state index in [0.29, 0.717) is 19.7 Å². The van der Waals surface area contributed by atoms with Crippen molar-refractivity contribution in [2.75, 3.05) is 33.9 Å². The zero-order valence-corrected chi connectivity index (χ0v) is 13.1. The number of nitrogens with one attached hydrogen (secondary N) is 1. The van der Waals surface area contributed by atoms with Gasteiger partial charge in [0.2, 0.25) is 5.91 Å². The van der Waals surface area contributed by atoms with Crippen LogP contribution in [0.3, 0.4) is 0 Å². The van der Waals surface area contributed by atoms with Crippen LogP contribution in [0.5, 0.6) is 0 Å². The van der Waals surface area contributed by atoms with E-state index in [1.807, 2.05) is 0 Å². The molecule has 3 N–H and O–H groups in total. The van der Waals surface area contributed by atoms with E-state index < -0.39 is 10.0 Å². The van der Waals surface area contributed by atoms with Crippen molar-refractivity contribution < 1.29 is 17.9 Å². The van der Waals surface area contributed by atoms with Crippen LogP contribution in [0, 0.1) is 0 Å². The molecule has 0 bridgehead atoms. The summed E-state index contributed by atoms with van der Waals surface area (Å²) in [4.78, 5) is 12.4. The molecule has 0 spiro atoms. The Morgan fingerprint density at radius 2 is 2.20 bits per heavy atom. The maximum atomic E-state index is 12.2. The minimum Gasteiger partial charge on any atom is -0.383 e. The minimum atomic E-state index is -3.65. The zero-order valence-electron chi connectivity index (χ0n) is 11.5. The molecule has 1 aromatic heterocycles. The van der Waals surface area contributed by atoms with Gasteiger partial charge >= 0.3 is 0 Å². The summed E-state index contributed by atoms with van der Waals surface area (Å²) in [5.74, 6) is -0.372. The summed E-state index contributed by atoms with van der Waals surface area (Å²) in [6, 6.07) is 3.17. The second kappa shape index (κ2) is 7.70. The first kappa shape index (κ1) is 17.1. The summed E-state index contributed by atoms with van der Waals surface area (Å²) in [5, 5.41) is 2.57. The Balaban J connectivity index is 2.65. The van der Waals surface area contributed by atoms with Crippen LogP contribution in [0.2, 0.25) is 0 Å². The van der Waals surface area contributed by atoms with Gasteiger partial charge in [-0.15, -0.1) is 11.3 Å². The third kappa shape index (κ3) is 4.53. The van der Waals surface area contributed by atoms with Crippen LogP contribution in [0.4, 0.5) is 0 Å². The van der Waals surface area contributed by atoms with Crippen molar-refractivity contribution in [3.05, 3.63) is 17.0 Å². The predicted octanol–water partition coefficient (Wildman–Crippen LogP) is -0.410. The monoisotopic (exact) mass is 321 g/mol. The van der Waals surface area contributed by atoms with Crippen LogP contribution < -0.4 is 11.1 Å². The number of methoxy groups -OCH3 is 1. The highest BCUT2D eigenvalue weighted by atomic mass is 32.2. The normalized spacial score (nSPS) is 11.8. The Morgan fingerprint density at radius 1 is 1.50 bits per heavy atom. The second-order valence-electron chi connectivity index (χ2n) is 4.03. The first-order chi connectivity index (χ1) is 9.41. The minimum absolute atomic E-state index is 0.185. The van der Waals surface area contributed by atoms with Crippen molar-refractivity contribution in [3.8, 4) is 0 Å².